The number of fused-ring (bicyclic) bond motifs is 3. The van der Waals surface area contributed by atoms with E-state index in [1.54, 1.807) is 11.6 Å². The number of methoxy groups -OCH3 is 1. The summed E-state index contributed by atoms with van der Waals surface area (Å²) in [5.41, 5.74) is 4.21. The van der Waals surface area contributed by atoms with Crippen LogP contribution in [0.1, 0.15) is 44.8 Å². The van der Waals surface area contributed by atoms with E-state index in [9.17, 15) is 4.79 Å². The Balaban J connectivity index is 1.71. The number of nitrogens with zero attached hydrogens (tertiary/aromatic N) is 5. The predicted octanol–water partition coefficient (Wildman–Crippen LogP) is 4.25. The summed E-state index contributed by atoms with van der Waals surface area (Å²) in [6, 6.07) is 12.1. The molecule has 0 N–H and O–H groups in total. The standard InChI is InChI=1S/C24H27N5O2/c1-15-8-7-11-19(16(15)2)28-13-12-20-22(24(28)30)25-26-23-21(17-9-5-4-6-10-17)18(14-31-3)27-29(20)23/h4-6,9-10,12-13,15-16,19H,7-8,11,14H2,1-3H3/t15-,16+,19+/m0/s1. The first-order valence-electron chi connectivity index (χ1n) is 10.9. The summed E-state index contributed by atoms with van der Waals surface area (Å²) in [4.78, 5) is 13.4. The Bertz CT molecular complexity index is 1290. The van der Waals surface area contributed by atoms with Crippen LogP contribution in [0.4, 0.5) is 0 Å². The van der Waals surface area contributed by atoms with E-state index in [1.165, 1.54) is 6.42 Å². The molecule has 0 amide bonds. The minimum absolute atomic E-state index is 0.0945. The molecule has 1 saturated carbocycles. The van der Waals surface area contributed by atoms with Crippen LogP contribution in [0, 0.1) is 11.8 Å². The van der Waals surface area contributed by atoms with Crippen LogP contribution in [-0.2, 0) is 11.3 Å². The lowest BCUT2D eigenvalue weighted by atomic mass is 9.78. The van der Waals surface area contributed by atoms with Gasteiger partial charge >= 0.3 is 0 Å². The molecule has 0 spiro atoms. The van der Waals surface area contributed by atoms with Crippen molar-refractivity contribution in [2.45, 2.75) is 45.8 Å². The zero-order valence-electron chi connectivity index (χ0n) is 18.2. The molecule has 0 aliphatic heterocycles. The molecule has 4 aromatic rings. The average Bonchev–Trinajstić information content (AvgIpc) is 3.15. The van der Waals surface area contributed by atoms with Crippen LogP contribution in [0.5, 0.6) is 0 Å². The van der Waals surface area contributed by atoms with Gasteiger partial charge in [0.1, 0.15) is 5.52 Å². The van der Waals surface area contributed by atoms with Gasteiger partial charge in [0.25, 0.3) is 5.56 Å². The molecule has 1 aliphatic carbocycles. The largest absolute Gasteiger partial charge is 0.378 e. The zero-order valence-corrected chi connectivity index (χ0v) is 18.2. The van der Waals surface area contributed by atoms with Crippen LogP contribution in [0.3, 0.4) is 0 Å². The lowest BCUT2D eigenvalue weighted by molar-refractivity contribution is 0.181. The Hall–Kier alpha value is -3.06. The first-order chi connectivity index (χ1) is 15.1. The molecule has 3 aromatic heterocycles. The fourth-order valence-corrected chi connectivity index (χ4v) is 4.95. The van der Waals surface area contributed by atoms with E-state index in [0.717, 1.165) is 29.7 Å². The third-order valence-electron chi connectivity index (χ3n) is 6.84. The number of pyridine rings is 1. The number of rotatable bonds is 4. The topological polar surface area (TPSA) is 74.3 Å². The smallest absolute Gasteiger partial charge is 0.280 e. The Morgan fingerprint density at radius 3 is 2.68 bits per heavy atom. The fraction of sp³-hybridized carbons (Fsp3) is 0.417. The van der Waals surface area contributed by atoms with E-state index in [1.807, 2.05) is 47.2 Å². The van der Waals surface area contributed by atoms with E-state index < -0.39 is 0 Å². The van der Waals surface area contributed by atoms with Crippen LogP contribution < -0.4 is 5.56 Å². The first-order valence-corrected chi connectivity index (χ1v) is 10.9. The molecule has 31 heavy (non-hydrogen) atoms. The van der Waals surface area contributed by atoms with Gasteiger partial charge in [0.05, 0.1) is 17.9 Å². The third-order valence-corrected chi connectivity index (χ3v) is 6.84. The quantitative estimate of drug-likeness (QED) is 0.496. The molecule has 0 radical (unpaired) electrons. The molecule has 5 rings (SSSR count). The summed E-state index contributed by atoms with van der Waals surface area (Å²) >= 11 is 0. The monoisotopic (exact) mass is 417 g/mol. The minimum atomic E-state index is -0.0945. The van der Waals surface area contributed by atoms with Gasteiger partial charge in [-0.15, -0.1) is 10.2 Å². The van der Waals surface area contributed by atoms with E-state index in [-0.39, 0.29) is 11.6 Å². The summed E-state index contributed by atoms with van der Waals surface area (Å²) in [7, 11) is 1.65. The maximum Gasteiger partial charge on any atom is 0.280 e. The Labute approximate surface area is 180 Å². The maximum atomic E-state index is 13.4. The second-order valence-corrected chi connectivity index (χ2v) is 8.65. The van der Waals surface area contributed by atoms with Crippen molar-refractivity contribution in [1.29, 1.82) is 0 Å². The van der Waals surface area contributed by atoms with Gasteiger partial charge in [-0.25, -0.2) is 4.52 Å². The summed E-state index contributed by atoms with van der Waals surface area (Å²) in [5.74, 6) is 1.05. The normalized spacial score (nSPS) is 21.7. The van der Waals surface area contributed by atoms with Gasteiger partial charge in [-0.2, -0.15) is 5.10 Å². The predicted molar refractivity (Wildman–Crippen MR) is 120 cm³/mol. The molecular weight excluding hydrogens is 390 g/mol. The Kier molecular flexibility index (Phi) is 5.06. The highest BCUT2D eigenvalue weighted by Crippen LogP contribution is 2.37. The van der Waals surface area contributed by atoms with Gasteiger partial charge in [0, 0.05) is 19.3 Å². The highest BCUT2D eigenvalue weighted by atomic mass is 16.5. The molecule has 160 valence electrons. The van der Waals surface area contributed by atoms with Crippen molar-refractivity contribution in [3.63, 3.8) is 0 Å². The maximum absolute atomic E-state index is 13.4. The lowest BCUT2D eigenvalue weighted by Gasteiger charge is -2.35. The fourth-order valence-electron chi connectivity index (χ4n) is 4.95. The van der Waals surface area contributed by atoms with E-state index in [4.69, 9.17) is 9.84 Å². The molecule has 0 saturated heterocycles. The molecule has 1 aromatic carbocycles. The van der Waals surface area contributed by atoms with E-state index in [2.05, 4.69) is 24.0 Å². The van der Waals surface area contributed by atoms with Crippen molar-refractivity contribution >= 4 is 16.7 Å². The molecule has 0 bridgehead atoms. The molecule has 7 nitrogen and oxygen atoms in total. The molecule has 0 unspecified atom stereocenters. The van der Waals surface area contributed by atoms with Gasteiger partial charge in [-0.05, 0) is 29.9 Å². The van der Waals surface area contributed by atoms with Crippen LogP contribution in [-0.4, -0.2) is 31.5 Å². The summed E-state index contributed by atoms with van der Waals surface area (Å²) in [5, 5.41) is 13.6. The summed E-state index contributed by atoms with van der Waals surface area (Å²) in [6.45, 7) is 4.87. The van der Waals surface area contributed by atoms with Gasteiger partial charge in [-0.3, -0.25) is 4.79 Å². The van der Waals surface area contributed by atoms with Gasteiger partial charge in [0.15, 0.2) is 11.2 Å². The molecule has 1 aliphatic rings. The van der Waals surface area contributed by atoms with Gasteiger partial charge < -0.3 is 9.30 Å². The number of ether oxygens (including phenoxy) is 1. The van der Waals surface area contributed by atoms with Crippen molar-refractivity contribution in [2.75, 3.05) is 7.11 Å². The van der Waals surface area contributed by atoms with Crippen molar-refractivity contribution in [3.05, 3.63) is 58.6 Å². The minimum Gasteiger partial charge on any atom is -0.378 e. The Morgan fingerprint density at radius 2 is 1.90 bits per heavy atom. The van der Waals surface area contributed by atoms with Crippen LogP contribution in [0.25, 0.3) is 27.8 Å². The SMILES string of the molecule is COCc1nn2c(nnc3c(=O)n([C@@H]4CCC[C@H](C)[C@H]4C)ccc32)c1-c1ccccc1. The highest BCUT2D eigenvalue weighted by molar-refractivity contribution is 5.84. The molecule has 3 atom stereocenters. The van der Waals surface area contributed by atoms with Crippen molar-refractivity contribution < 1.29 is 4.74 Å². The van der Waals surface area contributed by atoms with Crippen LogP contribution >= 0.6 is 0 Å². The summed E-state index contributed by atoms with van der Waals surface area (Å²) < 4.78 is 8.98. The van der Waals surface area contributed by atoms with Crippen molar-refractivity contribution in [1.82, 2.24) is 24.4 Å². The van der Waals surface area contributed by atoms with E-state index in [0.29, 0.717) is 35.1 Å². The van der Waals surface area contributed by atoms with Crippen molar-refractivity contribution in [2.24, 2.45) is 11.8 Å². The van der Waals surface area contributed by atoms with Crippen LogP contribution in [0.2, 0.25) is 0 Å². The molecule has 3 heterocycles. The second-order valence-electron chi connectivity index (χ2n) is 8.65. The molecular formula is C24H27N5O2. The van der Waals surface area contributed by atoms with Gasteiger partial charge in [-0.1, -0.05) is 57.0 Å². The van der Waals surface area contributed by atoms with E-state index >= 15 is 0 Å². The Morgan fingerprint density at radius 1 is 1.10 bits per heavy atom. The second kappa shape index (κ2) is 7.89. The highest BCUT2D eigenvalue weighted by Gasteiger charge is 2.29. The number of benzene rings is 1. The zero-order chi connectivity index (χ0) is 21.5. The molecule has 1 fully saturated rings. The number of hydrogen-bond acceptors (Lipinski definition) is 5. The van der Waals surface area contributed by atoms with Crippen molar-refractivity contribution in [3.8, 4) is 11.1 Å². The number of aromatic nitrogens is 5. The first kappa shape index (κ1) is 19.9. The molecule has 7 heteroatoms. The summed E-state index contributed by atoms with van der Waals surface area (Å²) in [6.07, 6.45) is 5.29. The lowest BCUT2D eigenvalue weighted by Crippen LogP contribution is -2.34. The van der Waals surface area contributed by atoms with Gasteiger partial charge in [0.2, 0.25) is 0 Å². The van der Waals surface area contributed by atoms with Crippen LogP contribution in [0.15, 0.2) is 47.4 Å². The average molecular weight is 418 g/mol. The number of hydrogen-bond donors (Lipinski definition) is 0. The third kappa shape index (κ3) is 3.24.